The van der Waals surface area contributed by atoms with Gasteiger partial charge in [0.15, 0.2) is 0 Å². The first-order chi connectivity index (χ1) is 11.9. The molecule has 7 unspecified atom stereocenters. The van der Waals surface area contributed by atoms with Gasteiger partial charge in [0.1, 0.15) is 5.78 Å². The Kier molecular flexibility index (Phi) is 4.44. The van der Waals surface area contributed by atoms with Gasteiger partial charge in [-0.3, -0.25) is 4.79 Å². The Bertz CT molecular complexity index is 575. The summed E-state index contributed by atoms with van der Waals surface area (Å²) in [5.74, 6) is 4.28. The standard InChI is InChI=1S/C24H38O/c1-5-6-17-11-13-23(3)18(15-17)7-8-19-21-10-9-20(16(2)25)24(21,4)14-12-22(19)23/h7,17,19-22H,5-6,8-15H2,1-4H3. The van der Waals surface area contributed by atoms with Crippen LogP contribution in [0.5, 0.6) is 0 Å². The molecule has 4 rings (SSSR count). The fraction of sp³-hybridized carbons (Fsp3) is 0.875. The van der Waals surface area contributed by atoms with E-state index in [0.29, 0.717) is 22.5 Å². The maximum Gasteiger partial charge on any atom is 0.133 e. The molecule has 0 amide bonds. The first kappa shape index (κ1) is 17.8. The van der Waals surface area contributed by atoms with Crippen LogP contribution in [0.1, 0.15) is 91.9 Å². The lowest BCUT2D eigenvalue weighted by molar-refractivity contribution is -0.127. The summed E-state index contributed by atoms with van der Waals surface area (Å²) in [4.78, 5) is 12.2. The third kappa shape index (κ3) is 2.59. The van der Waals surface area contributed by atoms with Crippen LogP contribution in [0.2, 0.25) is 0 Å². The average Bonchev–Trinajstić information content (AvgIpc) is 2.93. The van der Waals surface area contributed by atoms with Crippen LogP contribution in [0.3, 0.4) is 0 Å². The number of ketones is 1. The van der Waals surface area contributed by atoms with Crippen molar-refractivity contribution in [2.45, 2.75) is 91.9 Å². The summed E-state index contributed by atoms with van der Waals surface area (Å²) in [6, 6.07) is 0. The zero-order valence-electron chi connectivity index (χ0n) is 16.9. The second-order valence-electron chi connectivity index (χ2n) is 10.4. The quantitative estimate of drug-likeness (QED) is 0.530. The minimum absolute atomic E-state index is 0.300. The molecule has 0 radical (unpaired) electrons. The monoisotopic (exact) mass is 342 g/mol. The summed E-state index contributed by atoms with van der Waals surface area (Å²) in [5.41, 5.74) is 2.60. The molecule has 1 heteroatoms. The van der Waals surface area contributed by atoms with E-state index in [1.807, 2.05) is 12.5 Å². The molecule has 25 heavy (non-hydrogen) atoms. The Balaban J connectivity index is 1.60. The van der Waals surface area contributed by atoms with Crippen LogP contribution in [0, 0.1) is 40.4 Å². The van der Waals surface area contributed by atoms with Crippen molar-refractivity contribution in [3.05, 3.63) is 11.6 Å². The predicted octanol–water partition coefficient (Wildman–Crippen LogP) is 6.57. The van der Waals surface area contributed by atoms with Crippen molar-refractivity contribution < 1.29 is 4.79 Å². The largest absolute Gasteiger partial charge is 0.300 e. The number of carbonyl (C=O) groups is 1. The Hall–Kier alpha value is -0.590. The summed E-state index contributed by atoms with van der Waals surface area (Å²) >= 11 is 0. The van der Waals surface area contributed by atoms with Crippen LogP contribution < -0.4 is 0 Å². The Morgan fingerprint density at radius 2 is 1.92 bits per heavy atom. The molecule has 7 atom stereocenters. The Morgan fingerprint density at radius 1 is 1.12 bits per heavy atom. The van der Waals surface area contributed by atoms with Gasteiger partial charge in [0, 0.05) is 5.92 Å². The third-order valence-electron chi connectivity index (χ3n) is 9.39. The van der Waals surface area contributed by atoms with Gasteiger partial charge in [0.2, 0.25) is 0 Å². The molecule has 0 saturated heterocycles. The van der Waals surface area contributed by atoms with Crippen LogP contribution in [0.4, 0.5) is 0 Å². The molecule has 0 N–H and O–H groups in total. The van der Waals surface area contributed by atoms with Crippen molar-refractivity contribution in [1.82, 2.24) is 0 Å². The summed E-state index contributed by atoms with van der Waals surface area (Å²) < 4.78 is 0. The van der Waals surface area contributed by atoms with E-state index >= 15 is 0 Å². The molecule has 4 aliphatic rings. The van der Waals surface area contributed by atoms with E-state index in [1.54, 1.807) is 0 Å². The normalized spacial score (nSPS) is 49.0. The van der Waals surface area contributed by atoms with E-state index in [0.717, 1.165) is 30.1 Å². The first-order valence-electron chi connectivity index (χ1n) is 11.1. The first-order valence-corrected chi connectivity index (χ1v) is 11.1. The SMILES string of the molecule is CCCC1CCC2(C)C(=CCC3C2CCC2(C)C(C(C)=O)CCC32)C1. The van der Waals surface area contributed by atoms with Gasteiger partial charge in [-0.15, -0.1) is 0 Å². The van der Waals surface area contributed by atoms with Gasteiger partial charge in [-0.2, -0.15) is 0 Å². The molecule has 0 heterocycles. The van der Waals surface area contributed by atoms with Crippen molar-refractivity contribution in [2.75, 3.05) is 0 Å². The van der Waals surface area contributed by atoms with E-state index in [2.05, 4.69) is 26.8 Å². The summed E-state index contributed by atoms with van der Waals surface area (Å²) in [6.45, 7) is 9.26. The molecule has 0 spiro atoms. The number of hydrogen-bond acceptors (Lipinski definition) is 1. The number of carbonyl (C=O) groups excluding carboxylic acids is 1. The molecular formula is C24H38O. The van der Waals surface area contributed by atoms with Crippen molar-refractivity contribution >= 4 is 5.78 Å². The number of Topliss-reactive ketones (excluding diaryl/α,β-unsaturated/α-hetero) is 1. The van der Waals surface area contributed by atoms with Gasteiger partial charge >= 0.3 is 0 Å². The maximum absolute atomic E-state index is 12.2. The molecule has 0 aromatic heterocycles. The van der Waals surface area contributed by atoms with E-state index in [4.69, 9.17) is 0 Å². The van der Waals surface area contributed by atoms with Crippen LogP contribution in [-0.4, -0.2) is 5.78 Å². The third-order valence-corrected chi connectivity index (χ3v) is 9.39. The molecule has 3 fully saturated rings. The summed E-state index contributed by atoms with van der Waals surface area (Å²) in [5, 5.41) is 0. The van der Waals surface area contributed by atoms with Crippen molar-refractivity contribution in [3.8, 4) is 0 Å². The Labute approximate surface area is 155 Å². The van der Waals surface area contributed by atoms with Gasteiger partial charge in [0.05, 0.1) is 0 Å². The molecular weight excluding hydrogens is 304 g/mol. The lowest BCUT2D eigenvalue weighted by Crippen LogP contribution is -2.50. The number of allylic oxidation sites excluding steroid dienone is 2. The highest BCUT2D eigenvalue weighted by Gasteiger charge is 2.59. The lowest BCUT2D eigenvalue weighted by atomic mass is 9.47. The molecule has 0 aliphatic heterocycles. The topological polar surface area (TPSA) is 17.1 Å². The van der Waals surface area contributed by atoms with Gasteiger partial charge in [0.25, 0.3) is 0 Å². The number of rotatable bonds is 3. The number of fused-ring (bicyclic) bond motifs is 5. The highest BCUT2D eigenvalue weighted by molar-refractivity contribution is 5.79. The highest BCUT2D eigenvalue weighted by Crippen LogP contribution is 2.66. The molecule has 0 aromatic carbocycles. The van der Waals surface area contributed by atoms with Gasteiger partial charge in [-0.25, -0.2) is 0 Å². The highest BCUT2D eigenvalue weighted by atomic mass is 16.1. The molecule has 4 aliphatic carbocycles. The zero-order valence-corrected chi connectivity index (χ0v) is 16.9. The summed E-state index contributed by atoms with van der Waals surface area (Å²) in [7, 11) is 0. The Morgan fingerprint density at radius 3 is 2.64 bits per heavy atom. The summed E-state index contributed by atoms with van der Waals surface area (Å²) in [6.07, 6.45) is 16.1. The molecule has 140 valence electrons. The number of hydrogen-bond donors (Lipinski definition) is 0. The molecule has 1 nitrogen and oxygen atoms in total. The van der Waals surface area contributed by atoms with E-state index in [1.165, 1.54) is 57.8 Å². The lowest BCUT2D eigenvalue weighted by Gasteiger charge is -2.58. The van der Waals surface area contributed by atoms with Crippen LogP contribution in [-0.2, 0) is 4.79 Å². The maximum atomic E-state index is 12.2. The molecule has 0 bridgehead atoms. The zero-order chi connectivity index (χ0) is 17.8. The van der Waals surface area contributed by atoms with Crippen molar-refractivity contribution in [1.29, 1.82) is 0 Å². The van der Waals surface area contributed by atoms with Gasteiger partial charge < -0.3 is 0 Å². The van der Waals surface area contributed by atoms with Gasteiger partial charge in [-0.05, 0) is 92.8 Å². The van der Waals surface area contributed by atoms with Crippen LogP contribution >= 0.6 is 0 Å². The minimum atomic E-state index is 0.300. The smallest absolute Gasteiger partial charge is 0.133 e. The van der Waals surface area contributed by atoms with Gasteiger partial charge in [-0.1, -0.05) is 45.3 Å². The fourth-order valence-corrected chi connectivity index (χ4v) is 8.06. The van der Waals surface area contributed by atoms with Crippen molar-refractivity contribution in [2.24, 2.45) is 40.4 Å². The minimum Gasteiger partial charge on any atom is -0.300 e. The fourth-order valence-electron chi connectivity index (χ4n) is 8.06. The second-order valence-corrected chi connectivity index (χ2v) is 10.4. The predicted molar refractivity (Wildman–Crippen MR) is 104 cm³/mol. The molecule has 3 saturated carbocycles. The van der Waals surface area contributed by atoms with Crippen molar-refractivity contribution in [3.63, 3.8) is 0 Å². The van der Waals surface area contributed by atoms with Crippen LogP contribution in [0.25, 0.3) is 0 Å². The average molecular weight is 343 g/mol. The van der Waals surface area contributed by atoms with E-state index in [-0.39, 0.29) is 0 Å². The molecule has 0 aromatic rings. The van der Waals surface area contributed by atoms with E-state index < -0.39 is 0 Å². The second kappa shape index (κ2) is 6.24. The van der Waals surface area contributed by atoms with Crippen LogP contribution in [0.15, 0.2) is 11.6 Å². The van der Waals surface area contributed by atoms with E-state index in [9.17, 15) is 4.79 Å².